The summed E-state index contributed by atoms with van der Waals surface area (Å²) in [6.07, 6.45) is 0. The maximum absolute atomic E-state index is 5.38. The summed E-state index contributed by atoms with van der Waals surface area (Å²) in [6.45, 7) is 7.50. The van der Waals surface area contributed by atoms with Crippen LogP contribution in [0.4, 0.5) is 0 Å². The number of methoxy groups -OCH3 is 2. The lowest BCUT2D eigenvalue weighted by Gasteiger charge is -2.34. The van der Waals surface area contributed by atoms with E-state index in [1.165, 1.54) is 5.56 Å². The highest BCUT2D eigenvalue weighted by Gasteiger charge is 2.19. The zero-order chi connectivity index (χ0) is 16.9. The van der Waals surface area contributed by atoms with E-state index in [9.17, 15) is 0 Å². The zero-order valence-corrected chi connectivity index (χ0v) is 14.5. The van der Waals surface area contributed by atoms with Gasteiger partial charge in [0.05, 0.1) is 20.8 Å². The Hall–Kier alpha value is -2.12. The highest BCUT2D eigenvalue weighted by molar-refractivity contribution is 5.42. The number of aryl methyl sites for hydroxylation is 1. The van der Waals surface area contributed by atoms with E-state index in [4.69, 9.17) is 14.0 Å². The Balaban J connectivity index is 1.52. The van der Waals surface area contributed by atoms with Gasteiger partial charge in [0, 0.05) is 32.7 Å². The molecule has 0 saturated carbocycles. The second-order valence-corrected chi connectivity index (χ2v) is 5.98. The Bertz CT molecular complexity index is 666. The molecule has 0 amide bonds. The van der Waals surface area contributed by atoms with Crippen LogP contribution in [0.1, 0.15) is 17.3 Å². The first-order chi connectivity index (χ1) is 11.7. The second kappa shape index (κ2) is 7.63. The van der Waals surface area contributed by atoms with Crippen LogP contribution in [0.5, 0.6) is 11.5 Å². The minimum atomic E-state index is 0.692. The highest BCUT2D eigenvalue weighted by atomic mass is 16.5. The Kier molecular flexibility index (Phi) is 5.32. The Morgan fingerprint density at radius 3 is 2.25 bits per heavy atom. The van der Waals surface area contributed by atoms with Crippen molar-refractivity contribution in [2.24, 2.45) is 0 Å². The molecule has 1 fully saturated rings. The molecule has 0 aliphatic carbocycles. The average Bonchev–Trinajstić information content (AvgIpc) is 3.01. The van der Waals surface area contributed by atoms with E-state index in [1.807, 2.05) is 19.1 Å². The van der Waals surface area contributed by atoms with Gasteiger partial charge in [0.25, 0.3) is 0 Å². The van der Waals surface area contributed by atoms with E-state index in [2.05, 4.69) is 26.0 Å². The third kappa shape index (κ3) is 4.04. The summed E-state index contributed by atoms with van der Waals surface area (Å²) >= 11 is 0. The van der Waals surface area contributed by atoms with E-state index < -0.39 is 0 Å². The summed E-state index contributed by atoms with van der Waals surface area (Å²) in [5.74, 6) is 2.93. The fourth-order valence-electron chi connectivity index (χ4n) is 2.94. The summed E-state index contributed by atoms with van der Waals surface area (Å²) in [5, 5.41) is 3.84. The Labute approximate surface area is 142 Å². The SMILES string of the molecule is COc1ccc(CN2CCN(Cc3nc(C)no3)CC2)cc1OC. The lowest BCUT2D eigenvalue weighted by Crippen LogP contribution is -2.45. The molecule has 0 unspecified atom stereocenters. The molecule has 0 atom stereocenters. The van der Waals surface area contributed by atoms with Gasteiger partial charge in [-0.1, -0.05) is 11.2 Å². The van der Waals surface area contributed by atoms with Crippen molar-refractivity contribution >= 4 is 0 Å². The topological polar surface area (TPSA) is 63.9 Å². The number of ether oxygens (including phenoxy) is 2. The molecule has 24 heavy (non-hydrogen) atoms. The first-order valence-electron chi connectivity index (χ1n) is 8.12. The van der Waals surface area contributed by atoms with Crippen molar-refractivity contribution in [3.05, 3.63) is 35.5 Å². The van der Waals surface area contributed by atoms with Crippen LogP contribution in [0.2, 0.25) is 0 Å². The molecule has 1 aromatic carbocycles. The van der Waals surface area contributed by atoms with Gasteiger partial charge in [0.1, 0.15) is 0 Å². The van der Waals surface area contributed by atoms with Crippen molar-refractivity contribution in [2.45, 2.75) is 20.0 Å². The Morgan fingerprint density at radius 1 is 1.00 bits per heavy atom. The van der Waals surface area contributed by atoms with Crippen molar-refractivity contribution in [1.82, 2.24) is 19.9 Å². The summed E-state index contributed by atoms with van der Waals surface area (Å²) in [6, 6.07) is 6.10. The largest absolute Gasteiger partial charge is 0.493 e. The first kappa shape index (κ1) is 16.7. The summed E-state index contributed by atoms with van der Waals surface area (Å²) in [4.78, 5) is 9.05. The molecule has 0 bridgehead atoms. The lowest BCUT2D eigenvalue weighted by atomic mass is 10.1. The fraction of sp³-hybridized carbons (Fsp3) is 0.529. The molecule has 7 heteroatoms. The van der Waals surface area contributed by atoms with Gasteiger partial charge in [-0.3, -0.25) is 9.80 Å². The minimum absolute atomic E-state index is 0.692. The maximum atomic E-state index is 5.38. The van der Waals surface area contributed by atoms with Gasteiger partial charge < -0.3 is 14.0 Å². The van der Waals surface area contributed by atoms with E-state index in [0.717, 1.165) is 50.8 Å². The first-order valence-corrected chi connectivity index (χ1v) is 8.12. The van der Waals surface area contributed by atoms with E-state index in [0.29, 0.717) is 11.7 Å². The molecule has 1 aromatic heterocycles. The predicted octanol–water partition coefficient (Wildman–Crippen LogP) is 1.71. The second-order valence-electron chi connectivity index (χ2n) is 5.98. The van der Waals surface area contributed by atoms with Crippen molar-refractivity contribution in [3.8, 4) is 11.5 Å². The Morgan fingerprint density at radius 2 is 1.67 bits per heavy atom. The molecule has 2 heterocycles. The molecule has 1 aliphatic heterocycles. The normalized spacial score (nSPS) is 16.3. The number of piperazine rings is 1. The minimum Gasteiger partial charge on any atom is -0.493 e. The van der Waals surface area contributed by atoms with Gasteiger partial charge in [-0.15, -0.1) is 0 Å². The summed E-state index contributed by atoms with van der Waals surface area (Å²) < 4.78 is 15.9. The standard InChI is InChI=1S/C17H24N4O3/c1-13-18-17(24-19-13)12-21-8-6-20(7-9-21)11-14-4-5-15(22-2)16(10-14)23-3/h4-5,10H,6-9,11-12H2,1-3H3. The van der Waals surface area contributed by atoms with Gasteiger partial charge >= 0.3 is 0 Å². The molecule has 7 nitrogen and oxygen atoms in total. The molecule has 0 spiro atoms. The third-order valence-electron chi connectivity index (χ3n) is 4.25. The summed E-state index contributed by atoms with van der Waals surface area (Å²) in [5.41, 5.74) is 1.23. The van der Waals surface area contributed by atoms with Gasteiger partial charge in [0.15, 0.2) is 17.3 Å². The molecule has 130 valence electrons. The van der Waals surface area contributed by atoms with Crippen LogP contribution in [0.3, 0.4) is 0 Å². The lowest BCUT2D eigenvalue weighted by molar-refractivity contribution is 0.112. The van der Waals surface area contributed by atoms with Gasteiger partial charge in [0.2, 0.25) is 5.89 Å². The number of hydrogen-bond acceptors (Lipinski definition) is 7. The van der Waals surface area contributed by atoms with Crippen LogP contribution in [-0.2, 0) is 13.1 Å². The molecule has 1 saturated heterocycles. The molecule has 0 N–H and O–H groups in total. The summed E-state index contributed by atoms with van der Waals surface area (Å²) in [7, 11) is 3.32. The monoisotopic (exact) mass is 332 g/mol. The van der Waals surface area contributed by atoms with E-state index >= 15 is 0 Å². The highest BCUT2D eigenvalue weighted by Crippen LogP contribution is 2.28. The van der Waals surface area contributed by atoms with Crippen LogP contribution >= 0.6 is 0 Å². The van der Waals surface area contributed by atoms with E-state index in [-0.39, 0.29) is 0 Å². The molecule has 3 rings (SSSR count). The van der Waals surface area contributed by atoms with Crippen LogP contribution in [0.25, 0.3) is 0 Å². The zero-order valence-electron chi connectivity index (χ0n) is 14.5. The predicted molar refractivity (Wildman–Crippen MR) is 89.1 cm³/mol. The van der Waals surface area contributed by atoms with Crippen molar-refractivity contribution < 1.29 is 14.0 Å². The quantitative estimate of drug-likeness (QED) is 0.798. The third-order valence-corrected chi connectivity index (χ3v) is 4.25. The number of aromatic nitrogens is 2. The van der Waals surface area contributed by atoms with Gasteiger partial charge in [-0.2, -0.15) is 4.98 Å². The van der Waals surface area contributed by atoms with Crippen LogP contribution in [0, 0.1) is 6.92 Å². The molecule has 1 aliphatic rings. The van der Waals surface area contributed by atoms with Crippen molar-refractivity contribution in [1.29, 1.82) is 0 Å². The van der Waals surface area contributed by atoms with Crippen molar-refractivity contribution in [2.75, 3.05) is 40.4 Å². The van der Waals surface area contributed by atoms with Crippen LogP contribution < -0.4 is 9.47 Å². The van der Waals surface area contributed by atoms with Crippen LogP contribution in [0.15, 0.2) is 22.7 Å². The van der Waals surface area contributed by atoms with Crippen LogP contribution in [-0.4, -0.2) is 60.3 Å². The maximum Gasteiger partial charge on any atom is 0.240 e. The van der Waals surface area contributed by atoms with Gasteiger partial charge in [-0.25, -0.2) is 0 Å². The smallest absolute Gasteiger partial charge is 0.240 e. The average molecular weight is 332 g/mol. The molecule has 0 radical (unpaired) electrons. The van der Waals surface area contributed by atoms with E-state index in [1.54, 1.807) is 14.2 Å². The number of hydrogen-bond donors (Lipinski definition) is 0. The fourth-order valence-corrected chi connectivity index (χ4v) is 2.94. The van der Waals surface area contributed by atoms with Gasteiger partial charge in [-0.05, 0) is 24.6 Å². The molecule has 2 aromatic rings. The molecular formula is C17H24N4O3. The molecular weight excluding hydrogens is 308 g/mol. The number of rotatable bonds is 6. The number of nitrogens with zero attached hydrogens (tertiary/aromatic N) is 4. The van der Waals surface area contributed by atoms with Crippen molar-refractivity contribution in [3.63, 3.8) is 0 Å². The number of benzene rings is 1.